The molecule has 0 heterocycles. The molecule has 61 valence electrons. The third-order valence-electron chi connectivity index (χ3n) is 0.244. The van der Waals surface area contributed by atoms with E-state index in [9.17, 15) is 4.79 Å². The fourth-order valence-electron chi connectivity index (χ4n) is 0.101. The van der Waals surface area contributed by atoms with E-state index in [1.807, 2.05) is 26.0 Å². The van der Waals surface area contributed by atoms with Gasteiger partial charge in [-0.15, -0.1) is 0 Å². The van der Waals surface area contributed by atoms with Crippen molar-refractivity contribution in [3.05, 3.63) is 6.92 Å². The number of rotatable bonds is 1. The van der Waals surface area contributed by atoms with Gasteiger partial charge in [-0.05, 0) is 28.1 Å². The van der Waals surface area contributed by atoms with Crippen LogP contribution in [0.15, 0.2) is 0 Å². The van der Waals surface area contributed by atoms with Crippen LogP contribution in [0.25, 0.3) is 0 Å². The molecule has 0 rings (SSSR count). The van der Waals surface area contributed by atoms with Gasteiger partial charge in [0.25, 0.3) is 0 Å². The highest BCUT2D eigenvalue weighted by Crippen LogP contribution is 1.65. The molecule has 0 aliphatic carbocycles. The zero-order chi connectivity index (χ0) is 8.57. The second kappa shape index (κ2) is 8.23. The maximum absolute atomic E-state index is 9.56. The molecule has 0 saturated carbocycles. The Kier molecular flexibility index (Phi) is 9.84. The molecule has 0 aliphatic heterocycles. The van der Waals surface area contributed by atoms with Crippen LogP contribution in [0.2, 0.25) is 0 Å². The summed E-state index contributed by atoms with van der Waals surface area (Å²) in [6, 6.07) is 0. The van der Waals surface area contributed by atoms with Crippen LogP contribution in [0.3, 0.4) is 0 Å². The maximum Gasteiger partial charge on any atom is 0.404 e. The van der Waals surface area contributed by atoms with Gasteiger partial charge in [0, 0.05) is 0 Å². The van der Waals surface area contributed by atoms with Gasteiger partial charge in [0.1, 0.15) is 0 Å². The molecule has 0 spiro atoms. The molecule has 1 amide bonds. The molecule has 0 aromatic rings. The number of nitrogens with two attached hydrogens (primary N) is 1. The smallest absolute Gasteiger partial charge is 0.404 e. The second-order valence-corrected chi connectivity index (χ2v) is 2.01. The molecular formula is C6H15N2O2. The summed E-state index contributed by atoms with van der Waals surface area (Å²) in [7, 11) is 6.00. The Morgan fingerprint density at radius 2 is 1.90 bits per heavy atom. The fourth-order valence-corrected chi connectivity index (χ4v) is 0.101. The number of carbonyl (C=O) groups excluding carboxylic acids is 1. The first-order chi connectivity index (χ1) is 4.50. The first-order valence-corrected chi connectivity index (χ1v) is 2.83. The number of hydrogen-bond donors (Lipinski definition) is 1. The van der Waals surface area contributed by atoms with Crippen LogP contribution in [0, 0.1) is 6.92 Å². The number of nitrogens with zero attached hydrogens (tertiary/aromatic N) is 1. The predicted octanol–water partition coefficient (Wildman–Crippen LogP) is 0.0936. The lowest BCUT2D eigenvalue weighted by Crippen LogP contribution is -2.12. The minimum atomic E-state index is -0.773. The van der Waals surface area contributed by atoms with Gasteiger partial charge in [0.2, 0.25) is 0 Å². The molecule has 0 aromatic heterocycles. The minimum absolute atomic E-state index is 0.106. The number of primary amides is 1. The third-order valence-corrected chi connectivity index (χ3v) is 0.244. The van der Waals surface area contributed by atoms with Crippen molar-refractivity contribution in [1.82, 2.24) is 4.90 Å². The largest absolute Gasteiger partial charge is 0.450 e. The Morgan fingerprint density at radius 3 is 1.90 bits per heavy atom. The molecule has 0 bridgehead atoms. The van der Waals surface area contributed by atoms with Gasteiger partial charge in [-0.1, -0.05) is 0 Å². The van der Waals surface area contributed by atoms with Crippen molar-refractivity contribution >= 4 is 6.09 Å². The molecule has 0 atom stereocenters. The van der Waals surface area contributed by atoms with Crippen molar-refractivity contribution in [2.24, 2.45) is 5.73 Å². The van der Waals surface area contributed by atoms with Crippen LogP contribution >= 0.6 is 0 Å². The van der Waals surface area contributed by atoms with Gasteiger partial charge >= 0.3 is 6.09 Å². The van der Waals surface area contributed by atoms with E-state index in [0.717, 1.165) is 0 Å². The Bertz CT molecular complexity index is 81.1. The van der Waals surface area contributed by atoms with Crippen molar-refractivity contribution in [2.45, 2.75) is 0 Å². The Labute approximate surface area is 61.9 Å². The van der Waals surface area contributed by atoms with E-state index in [1.54, 1.807) is 0 Å². The lowest BCUT2D eigenvalue weighted by Gasteiger charge is -1.90. The standard InChI is InChI=1S/C3H6NO2.C3H9N/c1-2-6-3(4)5;1-4(2)3/h1-2H2,(H2,4,5);1-3H3. The van der Waals surface area contributed by atoms with E-state index in [2.05, 4.69) is 17.4 Å². The van der Waals surface area contributed by atoms with Gasteiger partial charge in [0.05, 0.1) is 6.61 Å². The van der Waals surface area contributed by atoms with E-state index in [1.165, 1.54) is 0 Å². The minimum Gasteiger partial charge on any atom is -0.450 e. The molecule has 0 aromatic carbocycles. The monoisotopic (exact) mass is 147 g/mol. The Morgan fingerprint density at radius 1 is 1.60 bits per heavy atom. The van der Waals surface area contributed by atoms with Gasteiger partial charge in [-0.3, -0.25) is 0 Å². The summed E-state index contributed by atoms with van der Waals surface area (Å²) in [5.74, 6) is 0. The first kappa shape index (κ1) is 12.0. The highest BCUT2D eigenvalue weighted by atomic mass is 16.5. The van der Waals surface area contributed by atoms with Gasteiger partial charge in [0.15, 0.2) is 0 Å². The van der Waals surface area contributed by atoms with E-state index in [0.29, 0.717) is 0 Å². The van der Waals surface area contributed by atoms with Crippen molar-refractivity contribution in [2.75, 3.05) is 27.7 Å². The van der Waals surface area contributed by atoms with Gasteiger partial charge in [-0.25, -0.2) is 4.79 Å². The van der Waals surface area contributed by atoms with E-state index in [4.69, 9.17) is 0 Å². The lowest BCUT2D eigenvalue weighted by molar-refractivity contribution is 0.168. The first-order valence-electron chi connectivity index (χ1n) is 2.83. The zero-order valence-corrected chi connectivity index (χ0v) is 6.76. The predicted molar refractivity (Wildman–Crippen MR) is 40.5 cm³/mol. The molecule has 4 nitrogen and oxygen atoms in total. The SMILES string of the molecule is CN(C)C.[CH2]COC(N)=O. The molecule has 0 saturated heterocycles. The normalized spacial score (nSPS) is 8.10. The summed E-state index contributed by atoms with van der Waals surface area (Å²) in [5, 5.41) is 0. The molecular weight excluding hydrogens is 132 g/mol. The Balaban J connectivity index is 0. The fraction of sp³-hybridized carbons (Fsp3) is 0.667. The van der Waals surface area contributed by atoms with Crippen molar-refractivity contribution in [3.8, 4) is 0 Å². The zero-order valence-electron chi connectivity index (χ0n) is 6.76. The van der Waals surface area contributed by atoms with Crippen LogP contribution in [0.5, 0.6) is 0 Å². The second-order valence-electron chi connectivity index (χ2n) is 2.01. The van der Waals surface area contributed by atoms with Gasteiger partial charge in [-0.2, -0.15) is 0 Å². The van der Waals surface area contributed by atoms with Crippen molar-refractivity contribution in [3.63, 3.8) is 0 Å². The van der Waals surface area contributed by atoms with Crippen molar-refractivity contribution < 1.29 is 9.53 Å². The van der Waals surface area contributed by atoms with Crippen LogP contribution in [-0.2, 0) is 4.74 Å². The molecule has 0 fully saturated rings. The number of amides is 1. The molecule has 1 radical (unpaired) electrons. The highest BCUT2D eigenvalue weighted by molar-refractivity contribution is 5.64. The van der Waals surface area contributed by atoms with E-state index < -0.39 is 6.09 Å². The molecule has 10 heavy (non-hydrogen) atoms. The number of carbonyl (C=O) groups is 1. The summed E-state index contributed by atoms with van der Waals surface area (Å²) in [5.41, 5.74) is 4.50. The summed E-state index contributed by atoms with van der Waals surface area (Å²) in [6.45, 7) is 3.31. The molecule has 4 heteroatoms. The van der Waals surface area contributed by atoms with Gasteiger partial charge < -0.3 is 15.4 Å². The summed E-state index contributed by atoms with van der Waals surface area (Å²) in [4.78, 5) is 11.6. The number of hydrogen-bond acceptors (Lipinski definition) is 3. The highest BCUT2D eigenvalue weighted by Gasteiger charge is 1.82. The quantitative estimate of drug-likeness (QED) is 0.572. The van der Waals surface area contributed by atoms with E-state index >= 15 is 0 Å². The average Bonchev–Trinajstić information content (AvgIpc) is 1.62. The van der Waals surface area contributed by atoms with Crippen LogP contribution in [0.1, 0.15) is 0 Å². The lowest BCUT2D eigenvalue weighted by atomic mass is 10.9. The summed E-state index contributed by atoms with van der Waals surface area (Å²) < 4.78 is 4.07. The van der Waals surface area contributed by atoms with E-state index in [-0.39, 0.29) is 6.61 Å². The maximum atomic E-state index is 9.56. The third kappa shape index (κ3) is 56.4. The molecule has 0 unspecified atom stereocenters. The molecule has 2 N–H and O–H groups in total. The summed E-state index contributed by atoms with van der Waals surface area (Å²) in [6.07, 6.45) is -0.773. The summed E-state index contributed by atoms with van der Waals surface area (Å²) >= 11 is 0. The Hall–Kier alpha value is -0.770. The molecule has 0 aliphatic rings. The number of ether oxygens (including phenoxy) is 1. The van der Waals surface area contributed by atoms with Crippen LogP contribution in [0.4, 0.5) is 4.79 Å². The topological polar surface area (TPSA) is 55.6 Å². The van der Waals surface area contributed by atoms with Crippen LogP contribution < -0.4 is 5.73 Å². The van der Waals surface area contributed by atoms with Crippen LogP contribution in [-0.4, -0.2) is 38.7 Å². The average molecular weight is 147 g/mol. The van der Waals surface area contributed by atoms with Crippen molar-refractivity contribution in [1.29, 1.82) is 0 Å².